The van der Waals surface area contributed by atoms with Crippen LogP contribution >= 0.6 is 0 Å². The number of ether oxygens (including phenoxy) is 2. The molecule has 0 amide bonds. The third-order valence-corrected chi connectivity index (χ3v) is 2.64. The zero-order valence-electron chi connectivity index (χ0n) is 8.93. The Bertz CT molecular complexity index is 425. The van der Waals surface area contributed by atoms with E-state index in [-0.39, 0.29) is 30.7 Å². The normalized spacial score (nSPS) is 18.6. The second-order valence-corrected chi connectivity index (χ2v) is 3.69. The van der Waals surface area contributed by atoms with Gasteiger partial charge in [-0.25, -0.2) is 0 Å². The van der Waals surface area contributed by atoms with Gasteiger partial charge in [0.2, 0.25) is 0 Å². The number of carbonyl (C=O) groups excluding carboxylic acids is 2. The summed E-state index contributed by atoms with van der Waals surface area (Å²) in [7, 11) is 1.34. The molecule has 0 spiro atoms. The summed E-state index contributed by atoms with van der Waals surface area (Å²) in [4.78, 5) is 22.6. The second-order valence-electron chi connectivity index (χ2n) is 3.69. The SMILES string of the molecule is COC(=O)CC1CC(=O)Oc2ccccc21. The van der Waals surface area contributed by atoms with Crippen molar-refractivity contribution in [1.82, 2.24) is 0 Å². The molecule has 4 nitrogen and oxygen atoms in total. The molecule has 0 saturated carbocycles. The van der Waals surface area contributed by atoms with Gasteiger partial charge in [0.25, 0.3) is 0 Å². The number of methoxy groups -OCH3 is 1. The molecule has 0 saturated heterocycles. The average molecular weight is 220 g/mol. The smallest absolute Gasteiger partial charge is 0.311 e. The lowest BCUT2D eigenvalue weighted by atomic mass is 9.90. The summed E-state index contributed by atoms with van der Waals surface area (Å²) in [5.41, 5.74) is 0.896. The quantitative estimate of drug-likeness (QED) is 0.561. The Balaban J connectivity index is 2.26. The first-order valence-electron chi connectivity index (χ1n) is 5.07. The molecule has 1 atom stereocenters. The molecule has 1 heterocycles. The number of hydrogen-bond acceptors (Lipinski definition) is 4. The van der Waals surface area contributed by atoms with Crippen molar-refractivity contribution < 1.29 is 19.1 Å². The van der Waals surface area contributed by atoms with Crippen molar-refractivity contribution in [3.05, 3.63) is 29.8 Å². The minimum atomic E-state index is -0.311. The van der Waals surface area contributed by atoms with Crippen molar-refractivity contribution in [1.29, 1.82) is 0 Å². The van der Waals surface area contributed by atoms with E-state index < -0.39 is 0 Å². The molecule has 0 bridgehead atoms. The number of rotatable bonds is 2. The molecule has 84 valence electrons. The number of carbonyl (C=O) groups is 2. The van der Waals surface area contributed by atoms with E-state index in [0.29, 0.717) is 5.75 Å². The maximum atomic E-state index is 11.3. The van der Waals surface area contributed by atoms with E-state index in [1.807, 2.05) is 12.1 Å². The van der Waals surface area contributed by atoms with Gasteiger partial charge in [-0.15, -0.1) is 0 Å². The summed E-state index contributed by atoms with van der Waals surface area (Å²) in [6.45, 7) is 0. The van der Waals surface area contributed by atoms with E-state index in [4.69, 9.17) is 4.74 Å². The number of fused-ring (bicyclic) bond motifs is 1. The maximum Gasteiger partial charge on any atom is 0.311 e. The first-order chi connectivity index (χ1) is 7.70. The molecule has 1 aliphatic heterocycles. The van der Waals surface area contributed by atoms with Gasteiger partial charge in [-0.3, -0.25) is 9.59 Å². The Kier molecular flexibility index (Phi) is 2.90. The van der Waals surface area contributed by atoms with Crippen LogP contribution in [0.3, 0.4) is 0 Å². The van der Waals surface area contributed by atoms with Crippen LogP contribution in [0, 0.1) is 0 Å². The minimum Gasteiger partial charge on any atom is -0.469 e. The fourth-order valence-electron chi connectivity index (χ4n) is 1.85. The van der Waals surface area contributed by atoms with E-state index in [9.17, 15) is 9.59 Å². The van der Waals surface area contributed by atoms with Gasteiger partial charge < -0.3 is 9.47 Å². The highest BCUT2D eigenvalue weighted by molar-refractivity contribution is 5.79. The average Bonchev–Trinajstić information content (AvgIpc) is 2.28. The van der Waals surface area contributed by atoms with E-state index >= 15 is 0 Å². The Morgan fingerprint density at radius 2 is 2.25 bits per heavy atom. The standard InChI is InChI=1S/C12H12O4/c1-15-11(13)6-8-7-12(14)16-10-5-3-2-4-9(8)10/h2-5,8H,6-7H2,1H3. The summed E-state index contributed by atoms with van der Waals surface area (Å²) in [6.07, 6.45) is 0.439. The second kappa shape index (κ2) is 4.35. The summed E-state index contributed by atoms with van der Waals surface area (Å²) in [5, 5.41) is 0. The molecule has 0 aliphatic carbocycles. The van der Waals surface area contributed by atoms with Crippen molar-refractivity contribution >= 4 is 11.9 Å². The maximum absolute atomic E-state index is 11.3. The monoisotopic (exact) mass is 220 g/mol. The molecule has 1 aromatic rings. The molecule has 0 aromatic heterocycles. The van der Waals surface area contributed by atoms with Crippen LogP contribution in [0.25, 0.3) is 0 Å². The molecular formula is C12H12O4. The van der Waals surface area contributed by atoms with E-state index in [2.05, 4.69) is 4.74 Å². The highest BCUT2D eigenvalue weighted by Gasteiger charge is 2.28. The number of esters is 2. The molecule has 0 N–H and O–H groups in total. The van der Waals surface area contributed by atoms with Crippen LogP contribution in [0.15, 0.2) is 24.3 Å². The van der Waals surface area contributed by atoms with Crippen LogP contribution in [0.4, 0.5) is 0 Å². The van der Waals surface area contributed by atoms with Crippen molar-refractivity contribution in [2.45, 2.75) is 18.8 Å². The van der Waals surface area contributed by atoms with Crippen LogP contribution in [0.1, 0.15) is 24.3 Å². The van der Waals surface area contributed by atoms with Gasteiger partial charge in [0, 0.05) is 5.92 Å². The van der Waals surface area contributed by atoms with Gasteiger partial charge in [0.1, 0.15) is 5.75 Å². The topological polar surface area (TPSA) is 52.6 Å². The first-order valence-corrected chi connectivity index (χ1v) is 5.07. The first kappa shape index (κ1) is 10.7. The van der Waals surface area contributed by atoms with Gasteiger partial charge in [0.15, 0.2) is 0 Å². The molecule has 0 fully saturated rings. The van der Waals surface area contributed by atoms with Crippen LogP contribution in [-0.4, -0.2) is 19.0 Å². The van der Waals surface area contributed by atoms with Crippen molar-refractivity contribution in [2.75, 3.05) is 7.11 Å². The molecule has 0 radical (unpaired) electrons. The van der Waals surface area contributed by atoms with Crippen molar-refractivity contribution in [2.24, 2.45) is 0 Å². The number of para-hydroxylation sites is 1. The van der Waals surface area contributed by atoms with Gasteiger partial charge in [-0.05, 0) is 11.6 Å². The summed E-state index contributed by atoms with van der Waals surface area (Å²) in [5.74, 6) is -0.195. The number of benzene rings is 1. The van der Waals surface area contributed by atoms with Crippen molar-refractivity contribution in [3.8, 4) is 5.75 Å². The van der Waals surface area contributed by atoms with Crippen molar-refractivity contribution in [3.63, 3.8) is 0 Å². The zero-order valence-corrected chi connectivity index (χ0v) is 8.93. The zero-order chi connectivity index (χ0) is 11.5. The lowest BCUT2D eigenvalue weighted by Gasteiger charge is -2.23. The molecule has 1 aliphatic rings. The van der Waals surface area contributed by atoms with E-state index in [1.54, 1.807) is 12.1 Å². The largest absolute Gasteiger partial charge is 0.469 e. The van der Waals surface area contributed by atoms with E-state index in [0.717, 1.165) is 5.56 Å². The Morgan fingerprint density at radius 1 is 1.50 bits per heavy atom. The minimum absolute atomic E-state index is 0.134. The fraction of sp³-hybridized carbons (Fsp3) is 0.333. The molecule has 4 heteroatoms. The Morgan fingerprint density at radius 3 is 3.00 bits per heavy atom. The van der Waals surface area contributed by atoms with Crippen LogP contribution in [-0.2, 0) is 14.3 Å². The molecule has 1 unspecified atom stereocenters. The van der Waals surface area contributed by atoms with Gasteiger partial charge in [-0.1, -0.05) is 18.2 Å². The summed E-state index contributed by atoms with van der Waals surface area (Å²) >= 11 is 0. The molecule has 1 aromatic carbocycles. The predicted molar refractivity (Wildman–Crippen MR) is 56.1 cm³/mol. The van der Waals surface area contributed by atoms with Crippen LogP contribution < -0.4 is 4.74 Å². The lowest BCUT2D eigenvalue weighted by molar-refractivity contribution is -0.142. The highest BCUT2D eigenvalue weighted by atomic mass is 16.5. The molecular weight excluding hydrogens is 208 g/mol. The van der Waals surface area contributed by atoms with Gasteiger partial charge >= 0.3 is 11.9 Å². The van der Waals surface area contributed by atoms with Gasteiger partial charge in [-0.2, -0.15) is 0 Å². The van der Waals surface area contributed by atoms with Crippen LogP contribution in [0.5, 0.6) is 5.75 Å². The van der Waals surface area contributed by atoms with Crippen LogP contribution in [0.2, 0.25) is 0 Å². The highest BCUT2D eigenvalue weighted by Crippen LogP contribution is 2.35. The summed E-state index contributed by atoms with van der Waals surface area (Å²) in [6, 6.07) is 7.26. The lowest BCUT2D eigenvalue weighted by Crippen LogP contribution is -2.22. The molecule has 2 rings (SSSR count). The Labute approximate surface area is 93.2 Å². The fourth-order valence-corrected chi connectivity index (χ4v) is 1.85. The number of hydrogen-bond donors (Lipinski definition) is 0. The third-order valence-electron chi connectivity index (χ3n) is 2.64. The van der Waals surface area contributed by atoms with Gasteiger partial charge in [0.05, 0.1) is 20.0 Å². The summed E-state index contributed by atoms with van der Waals surface area (Å²) < 4.78 is 9.70. The molecule has 16 heavy (non-hydrogen) atoms. The Hall–Kier alpha value is -1.84. The predicted octanol–water partition coefficient (Wildman–Crippen LogP) is 1.64. The van der Waals surface area contributed by atoms with E-state index in [1.165, 1.54) is 7.11 Å². The third kappa shape index (κ3) is 2.05.